The van der Waals surface area contributed by atoms with Crippen LogP contribution in [0.2, 0.25) is 0 Å². The van der Waals surface area contributed by atoms with Gasteiger partial charge in [-0.25, -0.2) is 9.97 Å². The molecule has 0 saturated heterocycles. The minimum Gasteiger partial charge on any atom is -0.337 e. The third-order valence-electron chi connectivity index (χ3n) is 8.17. The Bertz CT molecular complexity index is 1250. The average Bonchev–Trinajstić information content (AvgIpc) is 2.84. The van der Waals surface area contributed by atoms with Crippen LogP contribution in [0.4, 0.5) is 23.0 Å². The monoisotopic (exact) mass is 452 g/mol. The van der Waals surface area contributed by atoms with E-state index in [2.05, 4.69) is 125 Å². The highest BCUT2D eigenvalue weighted by atomic mass is 15.3. The third-order valence-corrected chi connectivity index (χ3v) is 8.17. The Kier molecular flexibility index (Phi) is 5.31. The van der Waals surface area contributed by atoms with E-state index in [9.17, 15) is 0 Å². The summed E-state index contributed by atoms with van der Waals surface area (Å²) in [7, 11) is 0. The smallest absolute Gasteiger partial charge is 0.177 e. The van der Waals surface area contributed by atoms with Gasteiger partial charge in [-0.3, -0.25) is 0 Å². The maximum absolute atomic E-state index is 5.37. The van der Waals surface area contributed by atoms with Crippen LogP contribution in [0.5, 0.6) is 0 Å². The predicted octanol–water partition coefficient (Wildman–Crippen LogP) is 7.84. The Morgan fingerprint density at radius 3 is 2.06 bits per heavy atom. The molecule has 1 aliphatic carbocycles. The van der Waals surface area contributed by atoms with Crippen LogP contribution in [-0.2, 0) is 5.41 Å². The summed E-state index contributed by atoms with van der Waals surface area (Å²) in [5, 5.41) is 3.74. The first-order valence-electron chi connectivity index (χ1n) is 12.5. The van der Waals surface area contributed by atoms with Crippen molar-refractivity contribution in [2.45, 2.75) is 71.8 Å². The largest absolute Gasteiger partial charge is 0.337 e. The molecule has 176 valence electrons. The van der Waals surface area contributed by atoms with Crippen LogP contribution in [0.15, 0.2) is 66.7 Å². The number of nitrogens with one attached hydrogen (secondary N) is 1. The van der Waals surface area contributed by atoms with E-state index < -0.39 is 0 Å². The van der Waals surface area contributed by atoms with Crippen molar-refractivity contribution in [3.05, 3.63) is 83.7 Å². The molecule has 4 nitrogen and oxygen atoms in total. The zero-order valence-electron chi connectivity index (χ0n) is 21.4. The van der Waals surface area contributed by atoms with Gasteiger partial charge < -0.3 is 10.2 Å². The summed E-state index contributed by atoms with van der Waals surface area (Å²) in [5.41, 5.74) is 5.46. The summed E-state index contributed by atoms with van der Waals surface area (Å²) in [5.74, 6) is 2.29. The summed E-state index contributed by atoms with van der Waals surface area (Å²) in [6.45, 7) is 15.9. The third kappa shape index (κ3) is 3.19. The van der Waals surface area contributed by atoms with E-state index in [-0.39, 0.29) is 28.7 Å². The lowest BCUT2D eigenvalue weighted by molar-refractivity contribution is 0.190. The van der Waals surface area contributed by atoms with Gasteiger partial charge in [-0.1, -0.05) is 90.1 Å². The first-order chi connectivity index (χ1) is 16.2. The van der Waals surface area contributed by atoms with E-state index in [1.54, 1.807) is 0 Å². The van der Waals surface area contributed by atoms with E-state index in [1.807, 2.05) is 0 Å². The van der Waals surface area contributed by atoms with Crippen LogP contribution in [0, 0.1) is 5.41 Å². The minimum atomic E-state index is -0.118. The maximum Gasteiger partial charge on any atom is 0.177 e. The van der Waals surface area contributed by atoms with Crippen molar-refractivity contribution in [3.63, 3.8) is 0 Å². The van der Waals surface area contributed by atoms with Gasteiger partial charge in [-0.15, -0.1) is 0 Å². The van der Waals surface area contributed by atoms with Gasteiger partial charge in [0.05, 0.1) is 11.4 Å². The van der Waals surface area contributed by atoms with Crippen molar-refractivity contribution in [1.29, 1.82) is 0 Å². The van der Waals surface area contributed by atoms with Gasteiger partial charge in [-0.05, 0) is 42.5 Å². The normalized spacial score (nSPS) is 25.4. The van der Waals surface area contributed by atoms with E-state index in [4.69, 9.17) is 9.97 Å². The lowest BCUT2D eigenvalue weighted by Crippen LogP contribution is -2.56. The molecule has 0 amide bonds. The number of benzene rings is 2. The minimum absolute atomic E-state index is 0.0986. The molecule has 0 saturated carbocycles. The van der Waals surface area contributed by atoms with Crippen LogP contribution in [0.3, 0.4) is 0 Å². The molecule has 3 aromatic rings. The highest BCUT2D eigenvalue weighted by Gasteiger charge is 2.55. The predicted molar refractivity (Wildman–Crippen MR) is 143 cm³/mol. The molecule has 2 heterocycles. The van der Waals surface area contributed by atoms with Crippen molar-refractivity contribution >= 4 is 23.0 Å². The Balaban J connectivity index is 1.85. The zero-order chi connectivity index (χ0) is 24.3. The molecule has 2 aliphatic rings. The Labute approximate surface area is 204 Å². The van der Waals surface area contributed by atoms with Crippen LogP contribution >= 0.6 is 0 Å². The number of rotatable bonds is 3. The van der Waals surface area contributed by atoms with Gasteiger partial charge in [0, 0.05) is 28.2 Å². The van der Waals surface area contributed by atoms with Crippen LogP contribution in [0.1, 0.15) is 77.3 Å². The molecule has 3 unspecified atom stereocenters. The van der Waals surface area contributed by atoms with E-state index >= 15 is 0 Å². The lowest BCUT2D eigenvalue weighted by atomic mass is 9.51. The molecule has 1 N–H and O–H groups in total. The van der Waals surface area contributed by atoms with Crippen molar-refractivity contribution in [3.8, 4) is 0 Å². The zero-order valence-corrected chi connectivity index (χ0v) is 21.4. The lowest BCUT2D eigenvalue weighted by Gasteiger charge is -2.56. The molecule has 0 bridgehead atoms. The number of nitrogens with zero attached hydrogens (tertiary/aromatic N) is 3. The number of hydrogen-bond acceptors (Lipinski definition) is 4. The van der Waals surface area contributed by atoms with Gasteiger partial charge in [0.25, 0.3) is 0 Å². The summed E-state index contributed by atoms with van der Waals surface area (Å²) in [6.07, 6.45) is 4.75. The topological polar surface area (TPSA) is 41.1 Å². The summed E-state index contributed by atoms with van der Waals surface area (Å²) in [4.78, 5) is 13.0. The molecule has 34 heavy (non-hydrogen) atoms. The Morgan fingerprint density at radius 2 is 1.44 bits per heavy atom. The summed E-state index contributed by atoms with van der Waals surface area (Å²) in [6, 6.07) is 19.5. The number of hydrogen-bond donors (Lipinski definition) is 1. The molecule has 1 aromatic heterocycles. The SMILES string of the molecule is CC(C)c1nc2c(nc1C(C)C)N(c1ccccc1)C(C)C1(C)C=CC1(C)c1ccccc1N2. The van der Waals surface area contributed by atoms with Crippen LogP contribution in [-0.4, -0.2) is 16.0 Å². The number of aromatic nitrogens is 2. The molecule has 0 radical (unpaired) electrons. The maximum atomic E-state index is 5.37. The fourth-order valence-corrected chi connectivity index (χ4v) is 5.66. The van der Waals surface area contributed by atoms with Gasteiger partial charge in [-0.2, -0.15) is 0 Å². The van der Waals surface area contributed by atoms with Gasteiger partial charge in [0.15, 0.2) is 11.6 Å². The Hall–Kier alpha value is -3.14. The van der Waals surface area contributed by atoms with Crippen LogP contribution < -0.4 is 10.2 Å². The molecule has 0 fully saturated rings. The molecule has 2 aromatic carbocycles. The second-order valence-electron chi connectivity index (χ2n) is 10.8. The molecule has 5 rings (SSSR count). The molecular formula is C30H36N4. The quantitative estimate of drug-likeness (QED) is 0.411. The van der Waals surface area contributed by atoms with Crippen molar-refractivity contribution in [1.82, 2.24) is 9.97 Å². The molecule has 0 spiro atoms. The molecule has 1 aliphatic heterocycles. The first-order valence-corrected chi connectivity index (χ1v) is 12.5. The molecular weight excluding hydrogens is 416 g/mol. The van der Waals surface area contributed by atoms with Crippen molar-refractivity contribution in [2.24, 2.45) is 5.41 Å². The number of fused-ring (bicyclic) bond motifs is 4. The number of allylic oxidation sites excluding steroid dienone is 1. The van der Waals surface area contributed by atoms with Gasteiger partial charge in [0.1, 0.15) is 0 Å². The second-order valence-corrected chi connectivity index (χ2v) is 10.8. The summed E-state index contributed by atoms with van der Waals surface area (Å²) >= 11 is 0. The van der Waals surface area contributed by atoms with Gasteiger partial charge >= 0.3 is 0 Å². The van der Waals surface area contributed by atoms with Crippen molar-refractivity contribution < 1.29 is 0 Å². The Morgan fingerprint density at radius 1 is 0.824 bits per heavy atom. The first kappa shape index (κ1) is 22.6. The highest BCUT2D eigenvalue weighted by molar-refractivity contribution is 5.79. The fraction of sp³-hybridized carbons (Fsp3) is 0.400. The number of anilines is 4. The molecule has 4 heteroatoms. The van der Waals surface area contributed by atoms with E-state index in [0.29, 0.717) is 0 Å². The second kappa shape index (κ2) is 7.97. The standard InChI is InChI=1S/C30H36N4/c1-19(2)25-26(20(3)4)33-28-27(32-25)31-24-16-12-11-15-23(24)30(7)18-17-29(30,6)21(5)34(28)22-13-9-8-10-14-22/h8-21H,1-7H3,(H,31,32). The van der Waals surface area contributed by atoms with Crippen LogP contribution in [0.25, 0.3) is 0 Å². The van der Waals surface area contributed by atoms with E-state index in [0.717, 1.165) is 34.4 Å². The number of para-hydroxylation sites is 2. The highest BCUT2D eigenvalue weighted by Crippen LogP contribution is 2.58. The summed E-state index contributed by atoms with van der Waals surface area (Å²) < 4.78 is 0. The fourth-order valence-electron chi connectivity index (χ4n) is 5.66. The van der Waals surface area contributed by atoms with Gasteiger partial charge in [0.2, 0.25) is 0 Å². The van der Waals surface area contributed by atoms with Crippen molar-refractivity contribution in [2.75, 3.05) is 10.2 Å². The van der Waals surface area contributed by atoms with E-state index in [1.165, 1.54) is 5.56 Å². The molecule has 3 atom stereocenters. The average molecular weight is 453 g/mol.